The number of hydrogen-bond acceptors (Lipinski definition) is 3. The summed E-state index contributed by atoms with van der Waals surface area (Å²) in [6, 6.07) is 4.02. The molecule has 0 saturated carbocycles. The smallest absolute Gasteiger partial charge is 0.387 e. The molecule has 8 heteroatoms. The number of amides is 2. The molecule has 106 valence electrons. The van der Waals surface area contributed by atoms with E-state index in [1.165, 1.54) is 6.07 Å². The van der Waals surface area contributed by atoms with Crippen LogP contribution in [0, 0.1) is 0 Å². The first-order valence-corrected chi connectivity index (χ1v) is 6.18. The van der Waals surface area contributed by atoms with Gasteiger partial charge in [-0.1, -0.05) is 15.9 Å². The van der Waals surface area contributed by atoms with Crippen LogP contribution in [0.4, 0.5) is 13.6 Å². The van der Waals surface area contributed by atoms with Crippen LogP contribution in [0.3, 0.4) is 0 Å². The number of carbonyl (C=O) groups is 1. The maximum atomic E-state index is 12.2. The molecule has 0 atom stereocenters. The fourth-order valence-electron chi connectivity index (χ4n) is 1.30. The van der Waals surface area contributed by atoms with E-state index >= 15 is 0 Å². The van der Waals surface area contributed by atoms with Crippen LogP contribution in [-0.2, 0) is 6.54 Å². The number of benzene rings is 1. The van der Waals surface area contributed by atoms with E-state index in [2.05, 4.69) is 31.3 Å². The molecule has 0 bridgehead atoms. The van der Waals surface area contributed by atoms with Crippen molar-refractivity contribution < 1.29 is 23.4 Å². The summed E-state index contributed by atoms with van der Waals surface area (Å²) in [6.45, 7) is -2.96. The van der Waals surface area contributed by atoms with Crippen molar-refractivity contribution in [1.82, 2.24) is 10.6 Å². The van der Waals surface area contributed by atoms with Gasteiger partial charge in [0.05, 0.1) is 6.61 Å². The fraction of sp³-hybridized carbons (Fsp3) is 0.364. The summed E-state index contributed by atoms with van der Waals surface area (Å²) < 4.78 is 29.4. The Morgan fingerprint density at radius 3 is 2.79 bits per heavy atom. The Morgan fingerprint density at radius 2 is 2.16 bits per heavy atom. The predicted octanol–water partition coefficient (Wildman–Crippen LogP) is 1.84. The molecule has 0 saturated heterocycles. The third kappa shape index (κ3) is 5.84. The molecule has 0 aliphatic rings. The molecule has 0 fully saturated rings. The minimum absolute atomic E-state index is 0.000609. The summed E-state index contributed by atoms with van der Waals surface area (Å²) in [5.41, 5.74) is 0.411. The zero-order valence-electron chi connectivity index (χ0n) is 9.83. The van der Waals surface area contributed by atoms with Gasteiger partial charge >= 0.3 is 12.6 Å². The lowest BCUT2D eigenvalue weighted by Crippen LogP contribution is -2.36. The lowest BCUT2D eigenvalue weighted by molar-refractivity contribution is -0.0504. The lowest BCUT2D eigenvalue weighted by atomic mass is 10.2. The Morgan fingerprint density at radius 1 is 1.42 bits per heavy atom. The molecular formula is C11H13BrF2N2O3. The van der Waals surface area contributed by atoms with Gasteiger partial charge in [0.25, 0.3) is 0 Å². The molecule has 3 N–H and O–H groups in total. The molecule has 2 amide bonds. The highest BCUT2D eigenvalue weighted by Gasteiger charge is 2.11. The largest absolute Gasteiger partial charge is 0.434 e. The van der Waals surface area contributed by atoms with Crippen LogP contribution in [0.1, 0.15) is 5.56 Å². The van der Waals surface area contributed by atoms with E-state index < -0.39 is 12.6 Å². The van der Waals surface area contributed by atoms with Crippen molar-refractivity contribution in [3.05, 3.63) is 28.2 Å². The van der Waals surface area contributed by atoms with Gasteiger partial charge in [0.1, 0.15) is 5.75 Å². The zero-order valence-corrected chi connectivity index (χ0v) is 11.4. The monoisotopic (exact) mass is 338 g/mol. The Bertz CT molecular complexity index is 432. The Labute approximate surface area is 117 Å². The van der Waals surface area contributed by atoms with Crippen LogP contribution in [0.2, 0.25) is 0 Å². The first-order valence-electron chi connectivity index (χ1n) is 5.38. The van der Waals surface area contributed by atoms with Crippen LogP contribution in [0.25, 0.3) is 0 Å². The molecule has 0 aliphatic heterocycles. The Kier molecular flexibility index (Phi) is 6.51. The van der Waals surface area contributed by atoms with Gasteiger partial charge in [0, 0.05) is 23.1 Å². The van der Waals surface area contributed by atoms with Crippen LogP contribution in [0.5, 0.6) is 5.75 Å². The molecule has 0 heterocycles. The first kappa shape index (κ1) is 15.6. The van der Waals surface area contributed by atoms with E-state index in [1.54, 1.807) is 12.1 Å². The molecule has 0 aromatic heterocycles. The molecule has 0 radical (unpaired) electrons. The van der Waals surface area contributed by atoms with Gasteiger partial charge in [-0.3, -0.25) is 0 Å². The maximum absolute atomic E-state index is 12.2. The summed E-state index contributed by atoms with van der Waals surface area (Å²) in [5.74, 6) is 0.000609. The number of aliphatic hydroxyl groups is 1. The third-order valence-corrected chi connectivity index (χ3v) is 2.57. The summed E-state index contributed by atoms with van der Waals surface area (Å²) >= 11 is 3.21. The van der Waals surface area contributed by atoms with Gasteiger partial charge in [-0.2, -0.15) is 8.78 Å². The highest BCUT2D eigenvalue weighted by Crippen LogP contribution is 2.24. The second kappa shape index (κ2) is 7.90. The van der Waals surface area contributed by atoms with Gasteiger partial charge < -0.3 is 20.5 Å². The number of halogens is 3. The molecule has 1 rings (SSSR count). The highest BCUT2D eigenvalue weighted by atomic mass is 79.9. The van der Waals surface area contributed by atoms with E-state index in [0.717, 1.165) is 0 Å². The average Bonchev–Trinajstić information content (AvgIpc) is 2.36. The van der Waals surface area contributed by atoms with Crippen LogP contribution in [-0.4, -0.2) is 30.9 Å². The molecule has 1 aromatic carbocycles. The number of ether oxygens (including phenoxy) is 1. The average molecular weight is 339 g/mol. The SMILES string of the molecule is O=C(NCCO)NCc1cc(Br)ccc1OC(F)F. The highest BCUT2D eigenvalue weighted by molar-refractivity contribution is 9.10. The molecule has 0 aliphatic carbocycles. The predicted molar refractivity (Wildman–Crippen MR) is 68.1 cm³/mol. The van der Waals surface area contributed by atoms with Crippen molar-refractivity contribution in [3.8, 4) is 5.75 Å². The Hall–Kier alpha value is -1.41. The van der Waals surface area contributed by atoms with Crippen LogP contribution in [0.15, 0.2) is 22.7 Å². The number of rotatable bonds is 6. The van der Waals surface area contributed by atoms with E-state index in [4.69, 9.17) is 5.11 Å². The number of hydrogen-bond donors (Lipinski definition) is 3. The third-order valence-electron chi connectivity index (χ3n) is 2.08. The van der Waals surface area contributed by atoms with Gasteiger partial charge in [0.15, 0.2) is 0 Å². The second-order valence-corrected chi connectivity index (χ2v) is 4.38. The minimum atomic E-state index is -2.93. The molecular weight excluding hydrogens is 326 g/mol. The molecule has 5 nitrogen and oxygen atoms in total. The fourth-order valence-corrected chi connectivity index (χ4v) is 1.71. The van der Waals surface area contributed by atoms with Crippen molar-refractivity contribution in [2.24, 2.45) is 0 Å². The van der Waals surface area contributed by atoms with Crippen molar-refractivity contribution >= 4 is 22.0 Å². The van der Waals surface area contributed by atoms with E-state index in [9.17, 15) is 13.6 Å². The van der Waals surface area contributed by atoms with E-state index in [-0.39, 0.29) is 25.4 Å². The second-order valence-electron chi connectivity index (χ2n) is 3.46. The van der Waals surface area contributed by atoms with Gasteiger partial charge in [-0.25, -0.2) is 4.79 Å². The summed E-state index contributed by atoms with van der Waals surface area (Å²) in [5, 5.41) is 13.4. The normalized spacial score (nSPS) is 10.4. The zero-order chi connectivity index (χ0) is 14.3. The summed E-state index contributed by atoms with van der Waals surface area (Å²) in [7, 11) is 0. The van der Waals surface area contributed by atoms with E-state index in [0.29, 0.717) is 10.0 Å². The number of nitrogens with one attached hydrogen (secondary N) is 2. The number of carbonyl (C=O) groups excluding carboxylic acids is 1. The molecule has 0 spiro atoms. The minimum Gasteiger partial charge on any atom is -0.434 e. The van der Waals surface area contributed by atoms with Crippen LogP contribution >= 0.6 is 15.9 Å². The van der Waals surface area contributed by atoms with Gasteiger partial charge in [-0.05, 0) is 18.2 Å². The number of alkyl halides is 2. The molecule has 0 unspecified atom stereocenters. The number of urea groups is 1. The van der Waals surface area contributed by atoms with Gasteiger partial charge in [0.2, 0.25) is 0 Å². The van der Waals surface area contributed by atoms with Crippen LogP contribution < -0.4 is 15.4 Å². The molecule has 19 heavy (non-hydrogen) atoms. The van der Waals surface area contributed by atoms with Crippen molar-refractivity contribution in [2.45, 2.75) is 13.2 Å². The quantitative estimate of drug-likeness (QED) is 0.741. The summed E-state index contributed by atoms with van der Waals surface area (Å²) in [4.78, 5) is 11.3. The maximum Gasteiger partial charge on any atom is 0.387 e. The molecule has 1 aromatic rings. The van der Waals surface area contributed by atoms with Gasteiger partial charge in [-0.15, -0.1) is 0 Å². The lowest BCUT2D eigenvalue weighted by Gasteiger charge is -2.12. The topological polar surface area (TPSA) is 70.6 Å². The Balaban J connectivity index is 2.65. The number of aliphatic hydroxyl groups excluding tert-OH is 1. The summed E-state index contributed by atoms with van der Waals surface area (Å²) in [6.07, 6.45) is 0. The van der Waals surface area contributed by atoms with Crippen molar-refractivity contribution in [3.63, 3.8) is 0 Å². The van der Waals surface area contributed by atoms with E-state index in [1.807, 2.05) is 0 Å². The van der Waals surface area contributed by atoms with Crippen molar-refractivity contribution in [1.29, 1.82) is 0 Å². The standard InChI is InChI=1S/C11H13BrF2N2O3/c12-8-1-2-9(19-10(13)14)7(5-8)6-16-11(18)15-3-4-17/h1-2,5,10,17H,3-4,6H2,(H2,15,16,18). The van der Waals surface area contributed by atoms with Crippen molar-refractivity contribution in [2.75, 3.05) is 13.2 Å². The first-order chi connectivity index (χ1) is 9.02.